The van der Waals surface area contributed by atoms with E-state index in [0.29, 0.717) is 17.9 Å². The van der Waals surface area contributed by atoms with Crippen LogP contribution in [0.3, 0.4) is 0 Å². The van der Waals surface area contributed by atoms with Crippen molar-refractivity contribution >= 4 is 5.78 Å². The molecule has 1 aromatic carbocycles. The first-order valence-corrected chi connectivity index (χ1v) is 6.56. The first kappa shape index (κ1) is 14.7. The average Bonchev–Trinajstić information content (AvgIpc) is 2.36. The molecule has 0 amide bonds. The van der Waals surface area contributed by atoms with Gasteiger partial charge in [-0.15, -0.1) is 0 Å². The molecule has 18 heavy (non-hydrogen) atoms. The van der Waals surface area contributed by atoms with Gasteiger partial charge < -0.3 is 9.64 Å². The van der Waals surface area contributed by atoms with Crippen LogP contribution in [-0.4, -0.2) is 37.4 Å². The largest absolute Gasteiger partial charge is 0.491 e. The van der Waals surface area contributed by atoms with Crippen LogP contribution in [0.2, 0.25) is 0 Å². The van der Waals surface area contributed by atoms with E-state index in [9.17, 15) is 4.79 Å². The maximum absolute atomic E-state index is 11.4. The van der Waals surface area contributed by atoms with Crippen molar-refractivity contribution in [2.24, 2.45) is 0 Å². The van der Waals surface area contributed by atoms with Crippen LogP contribution in [-0.2, 0) is 0 Å². The van der Waals surface area contributed by atoms with Gasteiger partial charge in [0.25, 0.3) is 0 Å². The molecule has 0 aromatic heterocycles. The molecule has 0 bridgehead atoms. The molecule has 0 heterocycles. The second kappa shape index (κ2) is 7.88. The van der Waals surface area contributed by atoms with Gasteiger partial charge in [-0.05, 0) is 39.1 Å². The number of benzene rings is 1. The van der Waals surface area contributed by atoms with Gasteiger partial charge in [-0.1, -0.05) is 25.5 Å². The van der Waals surface area contributed by atoms with Gasteiger partial charge in [-0.2, -0.15) is 0 Å². The summed E-state index contributed by atoms with van der Waals surface area (Å²) in [5.74, 6) is 0.735. The third-order valence-electron chi connectivity index (χ3n) is 2.89. The minimum absolute atomic E-state index is 0.0462. The van der Waals surface area contributed by atoms with Gasteiger partial charge in [0.2, 0.25) is 0 Å². The van der Waals surface area contributed by atoms with Gasteiger partial charge in [-0.3, -0.25) is 4.79 Å². The summed E-state index contributed by atoms with van der Waals surface area (Å²) in [4.78, 5) is 13.7. The molecule has 3 nitrogen and oxygen atoms in total. The Bertz CT molecular complexity index is 377. The van der Waals surface area contributed by atoms with Crippen molar-refractivity contribution in [2.75, 3.05) is 26.7 Å². The van der Waals surface area contributed by atoms with Crippen molar-refractivity contribution in [3.05, 3.63) is 29.8 Å². The van der Waals surface area contributed by atoms with Gasteiger partial charge in [0.1, 0.15) is 12.4 Å². The number of hydrogen-bond acceptors (Lipinski definition) is 3. The Morgan fingerprint density at radius 1 is 1.28 bits per heavy atom. The standard InChI is InChI=1S/C15H23NO2/c1-4-5-10-16(3)11-12-18-15-9-7-6-8-14(15)13(2)17/h6-9H,4-5,10-12H2,1-3H3. The molecule has 0 atom stereocenters. The fourth-order valence-corrected chi connectivity index (χ4v) is 1.73. The normalized spacial score (nSPS) is 10.7. The van der Waals surface area contributed by atoms with Crippen LogP contribution in [0.5, 0.6) is 5.75 Å². The van der Waals surface area contributed by atoms with Gasteiger partial charge in [0.15, 0.2) is 5.78 Å². The number of unbranched alkanes of at least 4 members (excludes halogenated alkanes) is 1. The van der Waals surface area contributed by atoms with Gasteiger partial charge in [-0.25, -0.2) is 0 Å². The number of ether oxygens (including phenoxy) is 1. The topological polar surface area (TPSA) is 29.5 Å². The third-order valence-corrected chi connectivity index (χ3v) is 2.89. The first-order valence-electron chi connectivity index (χ1n) is 6.56. The van der Waals surface area contributed by atoms with E-state index in [2.05, 4.69) is 18.9 Å². The monoisotopic (exact) mass is 249 g/mol. The molecule has 1 rings (SSSR count). The molecule has 0 saturated heterocycles. The summed E-state index contributed by atoms with van der Waals surface area (Å²) in [6.07, 6.45) is 2.42. The minimum Gasteiger partial charge on any atom is -0.491 e. The molecule has 0 radical (unpaired) electrons. The van der Waals surface area contributed by atoms with E-state index in [1.807, 2.05) is 18.2 Å². The van der Waals surface area contributed by atoms with E-state index in [-0.39, 0.29) is 5.78 Å². The van der Waals surface area contributed by atoms with Gasteiger partial charge in [0.05, 0.1) is 5.56 Å². The Kier molecular flexibility index (Phi) is 6.44. The predicted molar refractivity (Wildman–Crippen MR) is 74.3 cm³/mol. The first-order chi connectivity index (χ1) is 8.65. The van der Waals surface area contributed by atoms with E-state index >= 15 is 0 Å². The molecule has 0 spiro atoms. The highest BCUT2D eigenvalue weighted by Crippen LogP contribution is 2.18. The number of ketones is 1. The van der Waals surface area contributed by atoms with Crippen LogP contribution in [0.1, 0.15) is 37.0 Å². The van der Waals surface area contributed by atoms with Gasteiger partial charge in [0, 0.05) is 6.54 Å². The molecule has 0 aliphatic carbocycles. The van der Waals surface area contributed by atoms with Crippen LogP contribution in [0.25, 0.3) is 0 Å². The summed E-state index contributed by atoms with van der Waals surface area (Å²) in [5.41, 5.74) is 0.661. The Labute approximate surface area is 110 Å². The number of Topliss-reactive ketones (excluding diaryl/α,β-unsaturated/α-hetero) is 1. The van der Waals surface area contributed by atoms with Crippen LogP contribution in [0.15, 0.2) is 24.3 Å². The Balaban J connectivity index is 2.41. The zero-order valence-electron chi connectivity index (χ0n) is 11.6. The average molecular weight is 249 g/mol. The SMILES string of the molecule is CCCCN(C)CCOc1ccccc1C(C)=O. The van der Waals surface area contributed by atoms with E-state index < -0.39 is 0 Å². The maximum Gasteiger partial charge on any atom is 0.163 e. The van der Waals surface area contributed by atoms with Crippen molar-refractivity contribution < 1.29 is 9.53 Å². The third kappa shape index (κ3) is 4.88. The molecular weight excluding hydrogens is 226 g/mol. The molecule has 100 valence electrons. The van der Waals surface area contributed by atoms with Crippen molar-refractivity contribution in [3.63, 3.8) is 0 Å². The number of para-hydroxylation sites is 1. The molecule has 0 fully saturated rings. The van der Waals surface area contributed by atoms with Gasteiger partial charge >= 0.3 is 0 Å². The molecular formula is C15H23NO2. The lowest BCUT2D eigenvalue weighted by Gasteiger charge is -2.17. The summed E-state index contributed by atoms with van der Waals surface area (Å²) < 4.78 is 5.69. The highest BCUT2D eigenvalue weighted by molar-refractivity contribution is 5.96. The summed E-state index contributed by atoms with van der Waals surface area (Å²) in [7, 11) is 2.09. The highest BCUT2D eigenvalue weighted by atomic mass is 16.5. The lowest BCUT2D eigenvalue weighted by atomic mass is 10.1. The number of carbonyl (C=O) groups is 1. The smallest absolute Gasteiger partial charge is 0.163 e. The molecule has 3 heteroatoms. The summed E-state index contributed by atoms with van der Waals surface area (Å²) in [5, 5.41) is 0. The lowest BCUT2D eigenvalue weighted by molar-refractivity contribution is 0.101. The predicted octanol–water partition coefficient (Wildman–Crippen LogP) is 3.00. The van der Waals surface area contributed by atoms with Crippen molar-refractivity contribution in [2.45, 2.75) is 26.7 Å². The number of likely N-dealkylation sites (N-methyl/N-ethyl adjacent to an activating group) is 1. The number of rotatable bonds is 8. The molecule has 0 saturated carbocycles. The number of hydrogen-bond donors (Lipinski definition) is 0. The number of carbonyl (C=O) groups excluding carboxylic acids is 1. The summed E-state index contributed by atoms with van der Waals surface area (Å²) in [6.45, 7) is 6.34. The Morgan fingerprint density at radius 2 is 2.00 bits per heavy atom. The highest BCUT2D eigenvalue weighted by Gasteiger charge is 2.07. The van der Waals surface area contributed by atoms with E-state index in [0.717, 1.165) is 13.1 Å². The Morgan fingerprint density at radius 3 is 2.67 bits per heavy atom. The molecule has 0 unspecified atom stereocenters. The zero-order valence-corrected chi connectivity index (χ0v) is 11.6. The maximum atomic E-state index is 11.4. The summed E-state index contributed by atoms with van der Waals surface area (Å²) >= 11 is 0. The fraction of sp³-hybridized carbons (Fsp3) is 0.533. The van der Waals surface area contributed by atoms with Crippen molar-refractivity contribution in [1.82, 2.24) is 4.90 Å². The van der Waals surface area contributed by atoms with Crippen LogP contribution >= 0.6 is 0 Å². The van der Waals surface area contributed by atoms with Crippen molar-refractivity contribution in [3.8, 4) is 5.75 Å². The molecule has 0 aliphatic rings. The fourth-order valence-electron chi connectivity index (χ4n) is 1.73. The minimum atomic E-state index is 0.0462. The second-order valence-corrected chi connectivity index (χ2v) is 4.56. The van der Waals surface area contributed by atoms with E-state index in [4.69, 9.17) is 4.74 Å². The van der Waals surface area contributed by atoms with Crippen molar-refractivity contribution in [1.29, 1.82) is 0 Å². The quantitative estimate of drug-likeness (QED) is 0.663. The molecule has 0 aliphatic heterocycles. The van der Waals surface area contributed by atoms with Crippen LogP contribution < -0.4 is 4.74 Å². The zero-order chi connectivity index (χ0) is 13.4. The van der Waals surface area contributed by atoms with E-state index in [1.54, 1.807) is 13.0 Å². The molecule has 1 aromatic rings. The van der Waals surface area contributed by atoms with Crippen LogP contribution in [0, 0.1) is 0 Å². The summed E-state index contributed by atoms with van der Waals surface area (Å²) in [6, 6.07) is 7.40. The molecule has 0 N–H and O–H groups in total. The Hall–Kier alpha value is -1.35. The lowest BCUT2D eigenvalue weighted by Crippen LogP contribution is -2.25. The van der Waals surface area contributed by atoms with Crippen LogP contribution in [0.4, 0.5) is 0 Å². The van der Waals surface area contributed by atoms with E-state index in [1.165, 1.54) is 12.8 Å². The number of nitrogens with zero attached hydrogens (tertiary/aromatic N) is 1. The second-order valence-electron chi connectivity index (χ2n) is 4.56.